The number of benzene rings is 10. The van der Waals surface area contributed by atoms with Crippen molar-refractivity contribution in [1.82, 2.24) is 0 Å². The van der Waals surface area contributed by atoms with Gasteiger partial charge in [-0.05, 0) is 89.4 Å². The van der Waals surface area contributed by atoms with Gasteiger partial charge in [0.05, 0.1) is 11.4 Å². The molecule has 0 saturated heterocycles. The van der Waals surface area contributed by atoms with E-state index in [2.05, 4.69) is 205 Å². The molecule has 0 aliphatic heterocycles. The molecular weight excluding hydrogens is 615 g/mol. The van der Waals surface area contributed by atoms with Crippen LogP contribution in [-0.4, -0.2) is 0 Å². The third kappa shape index (κ3) is 4.86. The Labute approximate surface area is 297 Å². The van der Waals surface area contributed by atoms with Gasteiger partial charge in [0.25, 0.3) is 0 Å². The van der Waals surface area contributed by atoms with Crippen LogP contribution in [0.3, 0.4) is 0 Å². The van der Waals surface area contributed by atoms with Crippen LogP contribution in [0.2, 0.25) is 0 Å². The minimum atomic E-state index is 1.11. The molecule has 0 unspecified atom stereocenters. The Bertz CT molecular complexity index is 2900. The summed E-state index contributed by atoms with van der Waals surface area (Å²) in [6.45, 7) is 0. The summed E-state index contributed by atoms with van der Waals surface area (Å²) in [5.41, 5.74) is 8.22. The monoisotopic (exact) mass is 647 g/mol. The van der Waals surface area contributed by atoms with E-state index in [1.807, 2.05) is 0 Å². The van der Waals surface area contributed by atoms with E-state index in [0.717, 1.165) is 17.1 Å². The van der Waals surface area contributed by atoms with Crippen molar-refractivity contribution in [3.63, 3.8) is 0 Å². The lowest BCUT2D eigenvalue weighted by molar-refractivity contribution is 1.30. The highest BCUT2D eigenvalue weighted by atomic mass is 15.1. The predicted octanol–water partition coefficient (Wildman–Crippen LogP) is 14.3. The van der Waals surface area contributed by atoms with E-state index in [1.54, 1.807) is 0 Å². The van der Waals surface area contributed by atoms with E-state index in [4.69, 9.17) is 0 Å². The average molecular weight is 648 g/mol. The molecule has 10 rings (SSSR count). The van der Waals surface area contributed by atoms with Gasteiger partial charge < -0.3 is 4.90 Å². The molecule has 1 nitrogen and oxygen atoms in total. The van der Waals surface area contributed by atoms with Gasteiger partial charge in [-0.1, -0.05) is 176 Å². The fraction of sp³-hybridized carbons (Fsp3) is 0. The first-order valence-corrected chi connectivity index (χ1v) is 17.6. The maximum atomic E-state index is 2.45. The second-order valence-electron chi connectivity index (χ2n) is 13.3. The van der Waals surface area contributed by atoms with Gasteiger partial charge in [-0.2, -0.15) is 0 Å². The lowest BCUT2D eigenvalue weighted by atomic mass is 9.92. The number of fused-ring (bicyclic) bond motifs is 8. The summed E-state index contributed by atoms with van der Waals surface area (Å²) < 4.78 is 0. The van der Waals surface area contributed by atoms with Crippen molar-refractivity contribution in [3.05, 3.63) is 200 Å². The number of hydrogen-bond acceptors (Lipinski definition) is 1. The van der Waals surface area contributed by atoms with Crippen molar-refractivity contribution in [2.45, 2.75) is 0 Å². The van der Waals surface area contributed by atoms with Crippen molar-refractivity contribution in [2.75, 3.05) is 4.90 Å². The molecule has 0 N–H and O–H groups in total. The molecule has 0 spiro atoms. The average Bonchev–Trinajstić information content (AvgIpc) is 3.21. The molecule has 1 heteroatoms. The molecule has 0 aromatic heterocycles. The Morgan fingerprint density at radius 2 is 0.863 bits per heavy atom. The van der Waals surface area contributed by atoms with Crippen molar-refractivity contribution >= 4 is 70.9 Å². The van der Waals surface area contributed by atoms with Crippen LogP contribution in [0, 0.1) is 0 Å². The molecule has 10 aromatic rings. The number of hydrogen-bond donors (Lipinski definition) is 0. The molecule has 51 heavy (non-hydrogen) atoms. The molecule has 0 bridgehead atoms. The van der Waals surface area contributed by atoms with Crippen LogP contribution >= 0.6 is 0 Å². The lowest BCUT2D eigenvalue weighted by Gasteiger charge is -2.29. The normalized spacial score (nSPS) is 11.5. The molecular formula is C50H33N. The number of anilines is 3. The Morgan fingerprint density at radius 1 is 0.275 bits per heavy atom. The summed E-state index contributed by atoms with van der Waals surface area (Å²) in [6, 6.07) is 73.0. The number of rotatable bonds is 5. The molecule has 0 radical (unpaired) electrons. The van der Waals surface area contributed by atoms with E-state index >= 15 is 0 Å². The highest BCUT2D eigenvalue weighted by Crippen LogP contribution is 2.46. The van der Waals surface area contributed by atoms with Gasteiger partial charge >= 0.3 is 0 Å². The number of para-hydroxylation sites is 1. The first-order valence-electron chi connectivity index (χ1n) is 17.6. The van der Waals surface area contributed by atoms with Crippen molar-refractivity contribution < 1.29 is 0 Å². The first kappa shape index (κ1) is 29.2. The summed E-state index contributed by atoms with van der Waals surface area (Å²) in [5, 5.41) is 12.7. The fourth-order valence-electron chi connectivity index (χ4n) is 8.06. The van der Waals surface area contributed by atoms with Crippen LogP contribution in [0.25, 0.3) is 76.1 Å². The van der Waals surface area contributed by atoms with E-state index in [9.17, 15) is 0 Å². The van der Waals surface area contributed by atoms with Crippen LogP contribution in [0.15, 0.2) is 200 Å². The maximum absolute atomic E-state index is 2.45. The minimum absolute atomic E-state index is 1.11. The van der Waals surface area contributed by atoms with E-state index in [-0.39, 0.29) is 0 Å². The van der Waals surface area contributed by atoms with Gasteiger partial charge in [0.15, 0.2) is 0 Å². The molecule has 10 aromatic carbocycles. The molecule has 238 valence electrons. The quantitative estimate of drug-likeness (QED) is 0.168. The summed E-state index contributed by atoms with van der Waals surface area (Å²) in [7, 11) is 0. The largest absolute Gasteiger partial charge is 0.309 e. The maximum Gasteiger partial charge on any atom is 0.0546 e. The summed E-state index contributed by atoms with van der Waals surface area (Å²) in [6.07, 6.45) is 0. The topological polar surface area (TPSA) is 3.24 Å². The zero-order valence-electron chi connectivity index (χ0n) is 28.0. The predicted molar refractivity (Wildman–Crippen MR) is 220 cm³/mol. The van der Waals surface area contributed by atoms with E-state index < -0.39 is 0 Å². The van der Waals surface area contributed by atoms with Crippen LogP contribution < -0.4 is 4.90 Å². The van der Waals surface area contributed by atoms with Crippen molar-refractivity contribution in [2.24, 2.45) is 0 Å². The molecule has 0 aliphatic carbocycles. The van der Waals surface area contributed by atoms with E-state index in [0.29, 0.717) is 0 Å². The van der Waals surface area contributed by atoms with Gasteiger partial charge in [-0.15, -0.1) is 0 Å². The van der Waals surface area contributed by atoms with Crippen molar-refractivity contribution in [1.29, 1.82) is 0 Å². The van der Waals surface area contributed by atoms with Crippen LogP contribution in [0.4, 0.5) is 17.1 Å². The molecule has 0 heterocycles. The lowest BCUT2D eigenvalue weighted by Crippen LogP contribution is -2.12. The highest BCUT2D eigenvalue weighted by molar-refractivity contribution is 6.22. The fourth-order valence-corrected chi connectivity index (χ4v) is 8.06. The Morgan fingerprint density at radius 3 is 1.71 bits per heavy atom. The summed E-state index contributed by atoms with van der Waals surface area (Å²) in [5.74, 6) is 0. The summed E-state index contributed by atoms with van der Waals surface area (Å²) in [4.78, 5) is 2.45. The zero-order valence-corrected chi connectivity index (χ0v) is 28.0. The van der Waals surface area contributed by atoms with Gasteiger partial charge in [-0.3, -0.25) is 0 Å². The Kier molecular flexibility index (Phi) is 6.89. The first-order chi connectivity index (χ1) is 25.3. The molecule has 0 amide bonds. The van der Waals surface area contributed by atoms with Gasteiger partial charge in [0.2, 0.25) is 0 Å². The Hall–Kier alpha value is -6.70. The molecule has 0 aliphatic rings. The highest BCUT2D eigenvalue weighted by Gasteiger charge is 2.20. The smallest absolute Gasteiger partial charge is 0.0546 e. The van der Waals surface area contributed by atoms with E-state index in [1.165, 1.54) is 76.1 Å². The molecule has 0 fully saturated rings. The third-order valence-electron chi connectivity index (χ3n) is 10.4. The van der Waals surface area contributed by atoms with Crippen LogP contribution in [-0.2, 0) is 0 Å². The third-order valence-corrected chi connectivity index (χ3v) is 10.4. The minimum Gasteiger partial charge on any atom is -0.309 e. The molecule has 0 saturated carbocycles. The van der Waals surface area contributed by atoms with Gasteiger partial charge in [0, 0.05) is 16.6 Å². The molecule has 0 atom stereocenters. The standard InChI is InChI=1S/C50H33N/c1-2-13-34(14-3-1)42-18-10-11-24-48(42)51(49-33-38-16-5-6-17-41(38)44-20-8-9-21-46(44)49)39-30-27-36(28-31-39)40-22-12-23-47-45(40)32-29-37-26-25-35-15-4-7-19-43(35)50(37)47/h1-33H. The van der Waals surface area contributed by atoms with Crippen LogP contribution in [0.1, 0.15) is 0 Å². The SMILES string of the molecule is c1ccc(-c2ccccc2N(c2ccc(-c3cccc4c3ccc3ccc5ccccc5c34)cc2)c2cc3ccccc3c3ccccc23)cc1. The Balaban J connectivity index is 1.19. The second-order valence-corrected chi connectivity index (χ2v) is 13.3. The summed E-state index contributed by atoms with van der Waals surface area (Å²) >= 11 is 0. The second kappa shape index (κ2) is 12.0. The number of nitrogens with zero attached hydrogens (tertiary/aromatic N) is 1. The van der Waals surface area contributed by atoms with Crippen LogP contribution in [0.5, 0.6) is 0 Å². The van der Waals surface area contributed by atoms with Gasteiger partial charge in [0.1, 0.15) is 0 Å². The zero-order chi connectivity index (χ0) is 33.7. The van der Waals surface area contributed by atoms with Crippen molar-refractivity contribution in [3.8, 4) is 22.3 Å². The van der Waals surface area contributed by atoms with Gasteiger partial charge in [-0.25, -0.2) is 0 Å².